The van der Waals surface area contributed by atoms with E-state index in [1.165, 1.54) is 0 Å². The van der Waals surface area contributed by atoms with Crippen LogP contribution >= 0.6 is 0 Å². The average Bonchev–Trinajstić information content (AvgIpc) is 3.12. The molecule has 4 heteroatoms. The molecule has 33 heavy (non-hydrogen) atoms. The number of fused-ring (bicyclic) bond motifs is 1. The second-order valence-electron chi connectivity index (χ2n) is 9.12. The normalized spacial score (nSPS) is 11.5. The topological polar surface area (TPSA) is 48.3 Å². The van der Waals surface area contributed by atoms with Gasteiger partial charge in [0.05, 0.1) is 13.0 Å². The Labute approximate surface area is 194 Å². The number of rotatable bonds is 6. The van der Waals surface area contributed by atoms with Crippen molar-refractivity contribution in [3.63, 3.8) is 0 Å². The van der Waals surface area contributed by atoms with Crippen molar-refractivity contribution < 1.29 is 14.3 Å². The second-order valence-corrected chi connectivity index (χ2v) is 9.12. The molecular weight excluding hydrogens is 410 g/mol. The van der Waals surface area contributed by atoms with E-state index in [1.54, 1.807) is 6.92 Å². The van der Waals surface area contributed by atoms with Crippen LogP contribution in [0, 0.1) is 0 Å². The van der Waals surface area contributed by atoms with Crippen LogP contribution in [0.25, 0.3) is 16.5 Å². The zero-order valence-corrected chi connectivity index (χ0v) is 19.6. The lowest BCUT2D eigenvalue weighted by molar-refractivity contribution is -0.142. The molecule has 3 aromatic carbocycles. The Hall–Kier alpha value is -3.66. The van der Waals surface area contributed by atoms with Gasteiger partial charge < -0.3 is 9.30 Å². The minimum Gasteiger partial charge on any atom is -0.466 e. The first kappa shape index (κ1) is 22.5. The first-order valence-corrected chi connectivity index (χ1v) is 11.3. The van der Waals surface area contributed by atoms with Crippen molar-refractivity contribution in [3.05, 3.63) is 101 Å². The fraction of sp³-hybridized carbons (Fsp3) is 0.241. The van der Waals surface area contributed by atoms with E-state index < -0.39 is 0 Å². The maximum absolute atomic E-state index is 13.9. The van der Waals surface area contributed by atoms with Gasteiger partial charge in [-0.15, -0.1) is 0 Å². The molecule has 168 valence electrons. The zero-order chi connectivity index (χ0) is 23.6. The van der Waals surface area contributed by atoms with Gasteiger partial charge in [-0.05, 0) is 24.0 Å². The van der Waals surface area contributed by atoms with Crippen LogP contribution in [0.15, 0.2) is 78.9 Å². The fourth-order valence-corrected chi connectivity index (χ4v) is 4.36. The van der Waals surface area contributed by atoms with E-state index in [-0.39, 0.29) is 23.6 Å². The molecule has 0 aliphatic heterocycles. The molecule has 0 radical (unpaired) electrons. The second kappa shape index (κ2) is 9.07. The number of carbonyl (C=O) groups excluding carboxylic acids is 2. The smallest absolute Gasteiger partial charge is 0.311 e. The van der Waals surface area contributed by atoms with Crippen molar-refractivity contribution in [1.82, 2.24) is 4.57 Å². The molecule has 0 bridgehead atoms. The SMILES string of the molecule is CCOC(=O)Cc1c2ccccc2c(C(=O)c2ccccc2)n1-c1ccccc1C(C)(C)C. The lowest BCUT2D eigenvalue weighted by atomic mass is 9.85. The number of ketones is 1. The van der Waals surface area contributed by atoms with Crippen molar-refractivity contribution in [3.8, 4) is 5.69 Å². The maximum Gasteiger partial charge on any atom is 0.311 e. The van der Waals surface area contributed by atoms with E-state index in [9.17, 15) is 9.59 Å². The van der Waals surface area contributed by atoms with Gasteiger partial charge in [-0.3, -0.25) is 9.59 Å². The van der Waals surface area contributed by atoms with Crippen LogP contribution < -0.4 is 0 Å². The summed E-state index contributed by atoms with van der Waals surface area (Å²) in [6.45, 7) is 8.57. The lowest BCUT2D eigenvalue weighted by Crippen LogP contribution is -2.20. The lowest BCUT2D eigenvalue weighted by Gasteiger charge is -2.25. The molecule has 0 fully saturated rings. The molecular formula is C29H29NO3. The Morgan fingerprint density at radius 3 is 2.09 bits per heavy atom. The molecule has 0 aliphatic rings. The summed E-state index contributed by atoms with van der Waals surface area (Å²) in [6, 6.07) is 25.2. The molecule has 0 unspecified atom stereocenters. The number of ether oxygens (including phenoxy) is 1. The van der Waals surface area contributed by atoms with Gasteiger partial charge in [0.1, 0.15) is 5.69 Å². The highest BCUT2D eigenvalue weighted by Crippen LogP contribution is 2.36. The molecule has 4 rings (SSSR count). The summed E-state index contributed by atoms with van der Waals surface area (Å²) < 4.78 is 7.28. The van der Waals surface area contributed by atoms with Crippen molar-refractivity contribution in [2.24, 2.45) is 0 Å². The van der Waals surface area contributed by atoms with E-state index in [1.807, 2.05) is 77.4 Å². The molecule has 0 saturated heterocycles. The number of para-hydroxylation sites is 1. The molecule has 4 aromatic rings. The monoisotopic (exact) mass is 439 g/mol. The molecule has 1 heterocycles. The number of aromatic nitrogens is 1. The van der Waals surface area contributed by atoms with Crippen LogP contribution in [0.4, 0.5) is 0 Å². The minimum absolute atomic E-state index is 0.0781. The van der Waals surface area contributed by atoms with Crippen LogP contribution in [0.5, 0.6) is 0 Å². The van der Waals surface area contributed by atoms with Crippen molar-refractivity contribution in [2.75, 3.05) is 6.61 Å². The van der Waals surface area contributed by atoms with E-state index in [0.717, 1.165) is 27.7 Å². The standard InChI is InChI=1S/C29H29NO3/c1-5-33-26(31)19-25-21-15-9-10-16-22(21)27(28(32)20-13-7-6-8-14-20)30(25)24-18-12-11-17-23(24)29(2,3)4/h6-18H,5,19H2,1-4H3. The van der Waals surface area contributed by atoms with Crippen molar-refractivity contribution in [1.29, 1.82) is 0 Å². The summed E-state index contributed by atoms with van der Waals surface area (Å²) in [7, 11) is 0. The summed E-state index contributed by atoms with van der Waals surface area (Å²) in [4.78, 5) is 26.6. The number of benzene rings is 3. The first-order valence-electron chi connectivity index (χ1n) is 11.3. The van der Waals surface area contributed by atoms with Crippen LogP contribution in [-0.4, -0.2) is 22.9 Å². The minimum atomic E-state index is -0.311. The third-order valence-corrected chi connectivity index (χ3v) is 5.81. The summed E-state index contributed by atoms with van der Waals surface area (Å²) in [5.41, 5.74) is 3.77. The van der Waals surface area contributed by atoms with Crippen LogP contribution in [0.3, 0.4) is 0 Å². The van der Waals surface area contributed by atoms with E-state index in [4.69, 9.17) is 4.74 Å². The van der Waals surface area contributed by atoms with Gasteiger partial charge in [0.2, 0.25) is 5.78 Å². The van der Waals surface area contributed by atoms with Gasteiger partial charge in [-0.1, -0.05) is 93.6 Å². The summed E-state index contributed by atoms with van der Waals surface area (Å²) in [6.07, 6.45) is 0.0783. The Kier molecular flexibility index (Phi) is 6.19. The fourth-order valence-electron chi connectivity index (χ4n) is 4.36. The van der Waals surface area contributed by atoms with E-state index >= 15 is 0 Å². The highest BCUT2D eigenvalue weighted by molar-refractivity contribution is 6.17. The molecule has 0 atom stereocenters. The van der Waals surface area contributed by atoms with Gasteiger partial charge in [-0.2, -0.15) is 0 Å². The molecule has 4 nitrogen and oxygen atoms in total. The number of hydrogen-bond donors (Lipinski definition) is 0. The first-order chi connectivity index (χ1) is 15.8. The van der Waals surface area contributed by atoms with Gasteiger partial charge >= 0.3 is 5.97 Å². The third kappa shape index (κ3) is 4.34. The molecule has 0 spiro atoms. The van der Waals surface area contributed by atoms with E-state index in [0.29, 0.717) is 17.9 Å². The summed E-state index contributed by atoms with van der Waals surface area (Å²) >= 11 is 0. The summed E-state index contributed by atoms with van der Waals surface area (Å²) in [5.74, 6) is -0.389. The highest BCUT2D eigenvalue weighted by atomic mass is 16.5. The average molecular weight is 440 g/mol. The number of nitrogens with zero attached hydrogens (tertiary/aromatic N) is 1. The Morgan fingerprint density at radius 2 is 1.42 bits per heavy atom. The number of esters is 1. The predicted molar refractivity (Wildman–Crippen MR) is 132 cm³/mol. The van der Waals surface area contributed by atoms with Crippen LogP contribution in [-0.2, 0) is 21.4 Å². The Balaban J connectivity index is 2.09. The molecule has 0 aliphatic carbocycles. The maximum atomic E-state index is 13.9. The largest absolute Gasteiger partial charge is 0.466 e. The Morgan fingerprint density at radius 1 is 0.818 bits per heavy atom. The van der Waals surface area contributed by atoms with Crippen molar-refractivity contribution in [2.45, 2.75) is 39.5 Å². The number of hydrogen-bond acceptors (Lipinski definition) is 3. The molecule has 1 aromatic heterocycles. The molecule has 0 amide bonds. The van der Waals surface area contributed by atoms with Gasteiger partial charge in [0.15, 0.2) is 0 Å². The molecule has 0 saturated carbocycles. The van der Waals surface area contributed by atoms with Crippen molar-refractivity contribution >= 4 is 22.5 Å². The van der Waals surface area contributed by atoms with E-state index in [2.05, 4.69) is 26.8 Å². The highest BCUT2D eigenvalue weighted by Gasteiger charge is 2.28. The third-order valence-electron chi connectivity index (χ3n) is 5.81. The van der Waals surface area contributed by atoms with Crippen LogP contribution in [0.1, 0.15) is 55.0 Å². The molecule has 0 N–H and O–H groups in total. The van der Waals surface area contributed by atoms with Crippen LogP contribution in [0.2, 0.25) is 0 Å². The van der Waals surface area contributed by atoms with Gasteiger partial charge in [0, 0.05) is 27.7 Å². The quantitative estimate of drug-likeness (QED) is 0.263. The van der Waals surface area contributed by atoms with Gasteiger partial charge in [-0.25, -0.2) is 0 Å². The number of carbonyl (C=O) groups is 2. The summed E-state index contributed by atoms with van der Waals surface area (Å²) in [5, 5.41) is 1.71. The van der Waals surface area contributed by atoms with Gasteiger partial charge in [0.25, 0.3) is 0 Å². The zero-order valence-electron chi connectivity index (χ0n) is 19.6. The predicted octanol–water partition coefficient (Wildman–Crippen LogP) is 6.26. The Bertz CT molecular complexity index is 1310.